The highest BCUT2D eigenvalue weighted by Gasteiger charge is 2.15. The van der Waals surface area contributed by atoms with E-state index in [0.717, 1.165) is 0 Å². The van der Waals surface area contributed by atoms with E-state index < -0.39 is 0 Å². The van der Waals surface area contributed by atoms with E-state index in [1.807, 2.05) is 7.05 Å². The van der Waals surface area contributed by atoms with E-state index in [-0.39, 0.29) is 11.6 Å². The van der Waals surface area contributed by atoms with Crippen molar-refractivity contribution in [3.05, 3.63) is 34.9 Å². The SMILES string of the molecule is CNC(COC(C)(C)C)c1ccc(C)c(C)c1. The summed E-state index contributed by atoms with van der Waals surface area (Å²) < 4.78 is 5.84. The second kappa shape index (κ2) is 5.65. The van der Waals surface area contributed by atoms with E-state index in [0.29, 0.717) is 6.61 Å². The van der Waals surface area contributed by atoms with Crippen LogP contribution in [0.15, 0.2) is 18.2 Å². The van der Waals surface area contributed by atoms with Crippen LogP contribution < -0.4 is 5.32 Å². The Balaban J connectivity index is 2.76. The minimum absolute atomic E-state index is 0.0885. The Labute approximate surface area is 105 Å². The number of hydrogen-bond acceptors (Lipinski definition) is 2. The number of aryl methyl sites for hydroxylation is 2. The molecule has 0 saturated carbocycles. The Morgan fingerprint density at radius 1 is 1.18 bits per heavy atom. The molecule has 0 bridgehead atoms. The lowest BCUT2D eigenvalue weighted by molar-refractivity contribution is -0.0139. The summed E-state index contributed by atoms with van der Waals surface area (Å²) in [6, 6.07) is 6.85. The maximum atomic E-state index is 5.84. The van der Waals surface area contributed by atoms with Crippen LogP contribution >= 0.6 is 0 Å². The molecule has 1 aromatic carbocycles. The van der Waals surface area contributed by atoms with Gasteiger partial charge in [0.2, 0.25) is 0 Å². The van der Waals surface area contributed by atoms with Crippen LogP contribution in [0.4, 0.5) is 0 Å². The van der Waals surface area contributed by atoms with Gasteiger partial charge in [-0.25, -0.2) is 0 Å². The summed E-state index contributed by atoms with van der Waals surface area (Å²) in [4.78, 5) is 0. The first kappa shape index (κ1) is 14.2. The van der Waals surface area contributed by atoms with Gasteiger partial charge in [0, 0.05) is 0 Å². The van der Waals surface area contributed by atoms with E-state index in [1.165, 1.54) is 16.7 Å². The van der Waals surface area contributed by atoms with Crippen LogP contribution in [0.5, 0.6) is 0 Å². The molecular weight excluding hydrogens is 210 g/mol. The molecule has 0 heterocycles. The quantitative estimate of drug-likeness (QED) is 0.864. The van der Waals surface area contributed by atoms with Crippen molar-refractivity contribution in [1.82, 2.24) is 5.32 Å². The highest BCUT2D eigenvalue weighted by Crippen LogP contribution is 2.19. The maximum Gasteiger partial charge on any atom is 0.0668 e. The fourth-order valence-electron chi connectivity index (χ4n) is 1.66. The predicted molar refractivity (Wildman–Crippen MR) is 73.4 cm³/mol. The molecule has 0 radical (unpaired) electrons. The van der Waals surface area contributed by atoms with Gasteiger partial charge >= 0.3 is 0 Å². The third-order valence-corrected chi connectivity index (χ3v) is 2.96. The zero-order valence-electron chi connectivity index (χ0n) is 11.9. The van der Waals surface area contributed by atoms with Gasteiger partial charge in [0.05, 0.1) is 18.2 Å². The Kier molecular flexibility index (Phi) is 4.72. The third-order valence-electron chi connectivity index (χ3n) is 2.96. The smallest absolute Gasteiger partial charge is 0.0668 e. The Hall–Kier alpha value is -0.860. The molecule has 96 valence electrons. The standard InChI is InChI=1S/C15H25NO/c1-11-7-8-13(9-12(11)2)14(16-6)10-17-15(3,4)5/h7-9,14,16H,10H2,1-6H3. The molecule has 1 rings (SSSR count). The number of likely N-dealkylation sites (N-methyl/N-ethyl adjacent to an activating group) is 1. The Bertz CT molecular complexity index is 366. The van der Waals surface area contributed by atoms with Crippen LogP contribution in [0.3, 0.4) is 0 Å². The van der Waals surface area contributed by atoms with Gasteiger partial charge < -0.3 is 10.1 Å². The lowest BCUT2D eigenvalue weighted by Crippen LogP contribution is -2.28. The van der Waals surface area contributed by atoms with Gasteiger partial charge in [-0.15, -0.1) is 0 Å². The van der Waals surface area contributed by atoms with Crippen molar-refractivity contribution >= 4 is 0 Å². The van der Waals surface area contributed by atoms with Gasteiger partial charge in [-0.05, 0) is 58.4 Å². The van der Waals surface area contributed by atoms with E-state index in [9.17, 15) is 0 Å². The van der Waals surface area contributed by atoms with Gasteiger partial charge in [0.15, 0.2) is 0 Å². The largest absolute Gasteiger partial charge is 0.374 e. The molecule has 2 nitrogen and oxygen atoms in total. The molecule has 0 aliphatic heterocycles. The normalized spacial score (nSPS) is 13.8. The average Bonchev–Trinajstić information content (AvgIpc) is 2.22. The molecule has 17 heavy (non-hydrogen) atoms. The number of ether oxygens (including phenoxy) is 1. The first-order valence-electron chi connectivity index (χ1n) is 6.22. The lowest BCUT2D eigenvalue weighted by Gasteiger charge is -2.25. The first-order chi connectivity index (χ1) is 7.83. The summed E-state index contributed by atoms with van der Waals surface area (Å²) in [6.45, 7) is 11.2. The minimum atomic E-state index is -0.0885. The maximum absolute atomic E-state index is 5.84. The molecule has 0 fully saturated rings. The van der Waals surface area contributed by atoms with Crippen molar-refractivity contribution in [3.63, 3.8) is 0 Å². The van der Waals surface area contributed by atoms with Crippen molar-refractivity contribution in [1.29, 1.82) is 0 Å². The van der Waals surface area contributed by atoms with Crippen LogP contribution in [-0.2, 0) is 4.74 Å². The van der Waals surface area contributed by atoms with Gasteiger partial charge in [-0.3, -0.25) is 0 Å². The summed E-state index contributed by atoms with van der Waals surface area (Å²) in [5.74, 6) is 0. The Morgan fingerprint density at radius 3 is 2.29 bits per heavy atom. The number of rotatable bonds is 4. The monoisotopic (exact) mass is 235 g/mol. The van der Waals surface area contributed by atoms with Crippen molar-refractivity contribution in [2.45, 2.75) is 46.3 Å². The van der Waals surface area contributed by atoms with E-state index in [2.05, 4.69) is 58.1 Å². The topological polar surface area (TPSA) is 21.3 Å². The summed E-state index contributed by atoms with van der Waals surface area (Å²) in [6.07, 6.45) is 0. The predicted octanol–water partition coefficient (Wildman–Crippen LogP) is 3.38. The molecular formula is C15H25NO. The van der Waals surface area contributed by atoms with Crippen LogP contribution in [0.25, 0.3) is 0 Å². The second-order valence-electron chi connectivity index (χ2n) is 5.61. The summed E-state index contributed by atoms with van der Waals surface area (Å²) in [5, 5.41) is 3.31. The van der Waals surface area contributed by atoms with Crippen molar-refractivity contribution in [2.75, 3.05) is 13.7 Å². The zero-order valence-corrected chi connectivity index (χ0v) is 11.9. The zero-order chi connectivity index (χ0) is 13.1. The molecule has 0 saturated heterocycles. The average molecular weight is 235 g/mol. The van der Waals surface area contributed by atoms with Gasteiger partial charge in [0.1, 0.15) is 0 Å². The van der Waals surface area contributed by atoms with E-state index in [4.69, 9.17) is 4.74 Å². The van der Waals surface area contributed by atoms with Crippen LogP contribution in [-0.4, -0.2) is 19.3 Å². The molecule has 0 aliphatic rings. The highest BCUT2D eigenvalue weighted by atomic mass is 16.5. The summed E-state index contributed by atoms with van der Waals surface area (Å²) in [7, 11) is 1.98. The molecule has 0 aliphatic carbocycles. The molecule has 1 N–H and O–H groups in total. The molecule has 1 aromatic rings. The summed E-state index contributed by atoms with van der Waals surface area (Å²) >= 11 is 0. The first-order valence-corrected chi connectivity index (χ1v) is 6.22. The van der Waals surface area contributed by atoms with Crippen LogP contribution in [0.1, 0.15) is 43.5 Å². The fourth-order valence-corrected chi connectivity index (χ4v) is 1.66. The van der Waals surface area contributed by atoms with Crippen LogP contribution in [0.2, 0.25) is 0 Å². The molecule has 0 spiro atoms. The fraction of sp³-hybridized carbons (Fsp3) is 0.600. The molecule has 1 unspecified atom stereocenters. The molecule has 2 heteroatoms. The highest BCUT2D eigenvalue weighted by molar-refractivity contribution is 5.31. The third kappa shape index (κ3) is 4.49. The summed E-state index contributed by atoms with van der Waals surface area (Å²) in [5.41, 5.74) is 3.87. The number of nitrogens with one attached hydrogen (secondary N) is 1. The molecule has 0 amide bonds. The van der Waals surface area contributed by atoms with Crippen LogP contribution in [0, 0.1) is 13.8 Å². The van der Waals surface area contributed by atoms with Crippen molar-refractivity contribution in [3.8, 4) is 0 Å². The Morgan fingerprint density at radius 2 is 1.82 bits per heavy atom. The van der Waals surface area contributed by atoms with Gasteiger partial charge in [-0.1, -0.05) is 18.2 Å². The number of benzene rings is 1. The molecule has 0 aromatic heterocycles. The number of hydrogen-bond donors (Lipinski definition) is 1. The lowest BCUT2D eigenvalue weighted by atomic mass is 10.0. The minimum Gasteiger partial charge on any atom is -0.374 e. The van der Waals surface area contributed by atoms with E-state index in [1.54, 1.807) is 0 Å². The van der Waals surface area contributed by atoms with Crippen molar-refractivity contribution in [2.24, 2.45) is 0 Å². The second-order valence-corrected chi connectivity index (χ2v) is 5.61. The molecule has 1 atom stereocenters. The van der Waals surface area contributed by atoms with Crippen molar-refractivity contribution < 1.29 is 4.74 Å². The van der Waals surface area contributed by atoms with Gasteiger partial charge in [0.25, 0.3) is 0 Å². The van der Waals surface area contributed by atoms with E-state index >= 15 is 0 Å². The van der Waals surface area contributed by atoms with Gasteiger partial charge in [-0.2, -0.15) is 0 Å².